The van der Waals surface area contributed by atoms with Gasteiger partial charge in [0.15, 0.2) is 0 Å². The zero-order valence-corrected chi connectivity index (χ0v) is 9.10. The molecule has 0 radical (unpaired) electrons. The van der Waals surface area contributed by atoms with E-state index >= 15 is 0 Å². The van der Waals surface area contributed by atoms with Gasteiger partial charge in [0.2, 0.25) is 0 Å². The second-order valence-corrected chi connectivity index (χ2v) is 3.42. The first-order valence-electron chi connectivity index (χ1n) is 4.69. The minimum Gasteiger partial charge on any atom is -0.496 e. The molecule has 2 nitrogen and oxygen atoms in total. The Labute approximate surface area is 88.3 Å². The van der Waals surface area contributed by atoms with Gasteiger partial charge in [-0.25, -0.2) is 0 Å². The molecule has 1 aromatic carbocycles. The third-order valence-electron chi connectivity index (χ3n) is 2.23. The summed E-state index contributed by atoms with van der Waals surface area (Å²) in [5, 5.41) is 2.47. The fourth-order valence-corrected chi connectivity index (χ4v) is 1.37. The molecule has 4 heteroatoms. The number of hydrogen-bond acceptors (Lipinski definition) is 2. The van der Waals surface area contributed by atoms with Crippen molar-refractivity contribution in [3.63, 3.8) is 0 Å². The van der Waals surface area contributed by atoms with Gasteiger partial charge in [0.25, 0.3) is 5.92 Å². The zero-order valence-electron chi connectivity index (χ0n) is 9.10. The van der Waals surface area contributed by atoms with Gasteiger partial charge < -0.3 is 10.1 Å². The van der Waals surface area contributed by atoms with Crippen LogP contribution in [0.1, 0.15) is 11.1 Å². The smallest absolute Gasteiger partial charge is 0.285 e. The Morgan fingerprint density at radius 2 is 2.07 bits per heavy atom. The molecule has 0 amide bonds. The molecule has 0 atom stereocenters. The monoisotopic (exact) mass is 215 g/mol. The number of likely N-dealkylation sites (N-methyl/N-ethyl adjacent to an activating group) is 1. The van der Waals surface area contributed by atoms with Crippen LogP contribution in [0.4, 0.5) is 8.78 Å². The van der Waals surface area contributed by atoms with E-state index in [9.17, 15) is 8.78 Å². The van der Waals surface area contributed by atoms with E-state index < -0.39 is 5.92 Å². The summed E-state index contributed by atoms with van der Waals surface area (Å²) in [7, 11) is 2.97. The maximum atomic E-state index is 13.5. The van der Waals surface area contributed by atoms with E-state index in [0.29, 0.717) is 5.75 Å². The van der Waals surface area contributed by atoms with E-state index in [-0.39, 0.29) is 12.1 Å². The molecule has 15 heavy (non-hydrogen) atoms. The molecule has 0 aromatic heterocycles. The van der Waals surface area contributed by atoms with E-state index in [1.165, 1.54) is 26.3 Å². The highest BCUT2D eigenvalue weighted by Gasteiger charge is 2.30. The summed E-state index contributed by atoms with van der Waals surface area (Å²) in [6.45, 7) is 1.44. The van der Waals surface area contributed by atoms with Crippen LogP contribution in [-0.2, 0) is 5.92 Å². The Morgan fingerprint density at radius 1 is 1.40 bits per heavy atom. The largest absolute Gasteiger partial charge is 0.496 e. The molecule has 1 rings (SSSR count). The lowest BCUT2D eigenvalue weighted by molar-refractivity contribution is -0.00144. The van der Waals surface area contributed by atoms with E-state index in [2.05, 4.69) is 5.32 Å². The molecule has 0 saturated heterocycles. The maximum absolute atomic E-state index is 13.5. The third kappa shape index (κ3) is 2.65. The van der Waals surface area contributed by atoms with Crippen LogP contribution in [0.25, 0.3) is 0 Å². The Hall–Kier alpha value is -1.16. The summed E-state index contributed by atoms with van der Waals surface area (Å²) >= 11 is 0. The quantitative estimate of drug-likeness (QED) is 0.832. The summed E-state index contributed by atoms with van der Waals surface area (Å²) in [5.74, 6) is -2.38. The number of alkyl halides is 2. The topological polar surface area (TPSA) is 21.3 Å². The maximum Gasteiger partial charge on any atom is 0.285 e. The van der Waals surface area contributed by atoms with Crippen LogP contribution in [0.15, 0.2) is 18.2 Å². The molecule has 0 aliphatic carbocycles. The van der Waals surface area contributed by atoms with Crippen molar-refractivity contribution in [2.24, 2.45) is 0 Å². The summed E-state index contributed by atoms with van der Waals surface area (Å²) < 4.78 is 32.0. The van der Waals surface area contributed by atoms with E-state index in [4.69, 9.17) is 4.74 Å². The van der Waals surface area contributed by atoms with Crippen molar-refractivity contribution in [3.8, 4) is 5.75 Å². The van der Waals surface area contributed by atoms with Gasteiger partial charge in [-0.15, -0.1) is 0 Å². The number of nitrogens with one attached hydrogen (secondary N) is 1. The second kappa shape index (κ2) is 4.57. The van der Waals surface area contributed by atoms with Crippen LogP contribution in [0, 0.1) is 6.92 Å². The number of benzene rings is 1. The molecule has 1 aromatic rings. The lowest BCUT2D eigenvalue weighted by atomic mass is 10.1. The first-order chi connectivity index (χ1) is 7.01. The standard InChI is InChI=1S/C11H15F2NO/c1-8-4-5-9(6-10(8)15-3)11(12,13)7-14-2/h4-6,14H,7H2,1-3H3. The highest BCUT2D eigenvalue weighted by atomic mass is 19.3. The Morgan fingerprint density at radius 3 is 2.60 bits per heavy atom. The van der Waals surface area contributed by atoms with Crippen molar-refractivity contribution in [2.75, 3.05) is 20.7 Å². The molecule has 0 heterocycles. The number of methoxy groups -OCH3 is 1. The highest BCUT2D eigenvalue weighted by molar-refractivity contribution is 5.38. The van der Waals surface area contributed by atoms with Gasteiger partial charge in [-0.1, -0.05) is 12.1 Å². The van der Waals surface area contributed by atoms with E-state index in [0.717, 1.165) is 5.56 Å². The van der Waals surface area contributed by atoms with E-state index in [1.807, 2.05) is 6.92 Å². The minimum atomic E-state index is -2.87. The van der Waals surface area contributed by atoms with Gasteiger partial charge in [-0.2, -0.15) is 8.78 Å². The molecule has 84 valence electrons. The Balaban J connectivity index is 3.04. The van der Waals surface area contributed by atoms with Gasteiger partial charge in [0.1, 0.15) is 5.75 Å². The van der Waals surface area contributed by atoms with Crippen molar-refractivity contribution in [3.05, 3.63) is 29.3 Å². The van der Waals surface area contributed by atoms with Crippen molar-refractivity contribution in [2.45, 2.75) is 12.8 Å². The van der Waals surface area contributed by atoms with Gasteiger partial charge in [0, 0.05) is 5.56 Å². The fraction of sp³-hybridized carbons (Fsp3) is 0.455. The van der Waals surface area contributed by atoms with Crippen LogP contribution in [0.5, 0.6) is 5.75 Å². The van der Waals surface area contributed by atoms with Gasteiger partial charge in [-0.05, 0) is 25.6 Å². The molecule has 0 spiro atoms. The summed E-state index contributed by atoms with van der Waals surface area (Å²) in [6.07, 6.45) is 0. The molecule has 0 bridgehead atoms. The summed E-state index contributed by atoms with van der Waals surface area (Å²) in [4.78, 5) is 0. The molecule has 0 unspecified atom stereocenters. The van der Waals surface area contributed by atoms with Crippen LogP contribution in [0.3, 0.4) is 0 Å². The number of halogens is 2. The average Bonchev–Trinajstić information content (AvgIpc) is 2.18. The van der Waals surface area contributed by atoms with Crippen molar-refractivity contribution in [1.29, 1.82) is 0 Å². The second-order valence-electron chi connectivity index (χ2n) is 3.42. The third-order valence-corrected chi connectivity index (χ3v) is 2.23. The van der Waals surface area contributed by atoms with Gasteiger partial charge >= 0.3 is 0 Å². The predicted molar refractivity (Wildman–Crippen MR) is 55.6 cm³/mol. The lowest BCUT2D eigenvalue weighted by Crippen LogP contribution is -2.28. The van der Waals surface area contributed by atoms with Crippen LogP contribution < -0.4 is 10.1 Å². The molecule has 0 aliphatic heterocycles. The van der Waals surface area contributed by atoms with Crippen LogP contribution in [-0.4, -0.2) is 20.7 Å². The van der Waals surface area contributed by atoms with Crippen LogP contribution >= 0.6 is 0 Å². The summed E-state index contributed by atoms with van der Waals surface area (Å²) in [5.41, 5.74) is 0.820. The first-order valence-corrected chi connectivity index (χ1v) is 4.69. The van der Waals surface area contributed by atoms with Gasteiger partial charge in [-0.3, -0.25) is 0 Å². The number of hydrogen-bond donors (Lipinski definition) is 1. The van der Waals surface area contributed by atoms with Crippen molar-refractivity contribution >= 4 is 0 Å². The summed E-state index contributed by atoms with van der Waals surface area (Å²) in [6, 6.07) is 4.44. The molecule has 0 fully saturated rings. The Bertz CT molecular complexity index is 339. The van der Waals surface area contributed by atoms with Crippen molar-refractivity contribution in [1.82, 2.24) is 5.32 Å². The van der Waals surface area contributed by atoms with Crippen molar-refractivity contribution < 1.29 is 13.5 Å². The average molecular weight is 215 g/mol. The predicted octanol–water partition coefficient (Wildman–Crippen LogP) is 2.31. The zero-order chi connectivity index (χ0) is 11.5. The highest BCUT2D eigenvalue weighted by Crippen LogP contribution is 2.31. The molecular weight excluding hydrogens is 200 g/mol. The van der Waals surface area contributed by atoms with E-state index in [1.54, 1.807) is 6.07 Å². The first kappa shape index (κ1) is 11.9. The fourth-order valence-electron chi connectivity index (χ4n) is 1.37. The molecule has 1 N–H and O–H groups in total. The lowest BCUT2D eigenvalue weighted by Gasteiger charge is -2.17. The van der Waals surface area contributed by atoms with Gasteiger partial charge in [0.05, 0.1) is 13.7 Å². The number of rotatable bonds is 4. The number of ether oxygens (including phenoxy) is 1. The normalized spacial score (nSPS) is 11.5. The molecule has 0 aliphatic rings. The molecular formula is C11H15F2NO. The van der Waals surface area contributed by atoms with Crippen LogP contribution in [0.2, 0.25) is 0 Å². The Kier molecular flexibility index (Phi) is 3.63. The molecule has 0 saturated carbocycles. The number of aryl methyl sites for hydroxylation is 1. The minimum absolute atomic E-state index is 0.0284. The SMILES string of the molecule is CNCC(F)(F)c1ccc(C)c(OC)c1.